The van der Waals surface area contributed by atoms with Gasteiger partial charge in [0, 0.05) is 4.90 Å². The van der Waals surface area contributed by atoms with Crippen molar-refractivity contribution < 1.29 is 14.0 Å². The van der Waals surface area contributed by atoms with Crippen LogP contribution in [-0.4, -0.2) is 15.2 Å². The molecule has 0 atom stereocenters. The first-order chi connectivity index (χ1) is 9.85. The van der Waals surface area contributed by atoms with E-state index >= 15 is 0 Å². The highest BCUT2D eigenvalue weighted by Gasteiger charge is 2.10. The molecule has 0 saturated carbocycles. The fourth-order valence-electron chi connectivity index (χ4n) is 1.66. The normalized spacial score (nSPS) is 10.8. The molecule has 3 aromatic rings. The summed E-state index contributed by atoms with van der Waals surface area (Å²) in [5.74, 6) is 2.19. The van der Waals surface area contributed by atoms with Crippen molar-refractivity contribution in [2.24, 2.45) is 0 Å². The number of nitrogens with zero attached hydrogens (tertiary/aromatic N) is 2. The number of furan rings is 1. The maximum atomic E-state index is 8.98. The van der Waals surface area contributed by atoms with E-state index in [1.165, 1.54) is 0 Å². The molecule has 0 saturated heterocycles. The van der Waals surface area contributed by atoms with E-state index in [-0.39, 0.29) is 6.61 Å². The Balaban J connectivity index is 1.63. The second-order valence-electron chi connectivity index (χ2n) is 4.08. The number of hydrogen-bond acceptors (Lipinski definition) is 6. The van der Waals surface area contributed by atoms with Gasteiger partial charge in [-0.15, -0.1) is 11.8 Å². The average Bonchev–Trinajstić information content (AvgIpc) is 3.16. The fraction of sp³-hybridized carbons (Fsp3) is 0.143. The molecule has 5 nitrogen and oxygen atoms in total. The number of aliphatic hydroxyl groups excluding tert-OH is 1. The van der Waals surface area contributed by atoms with Gasteiger partial charge in [0.05, 0.1) is 18.6 Å². The third kappa shape index (κ3) is 2.92. The third-order valence-corrected chi connectivity index (χ3v) is 3.67. The summed E-state index contributed by atoms with van der Waals surface area (Å²) in [4.78, 5) is 5.35. The Labute approximate surface area is 119 Å². The highest BCUT2D eigenvalue weighted by Crippen LogP contribution is 2.24. The quantitative estimate of drug-likeness (QED) is 0.727. The van der Waals surface area contributed by atoms with Crippen molar-refractivity contribution in [3.8, 4) is 11.6 Å². The van der Waals surface area contributed by atoms with E-state index in [1.807, 2.05) is 24.3 Å². The molecule has 0 fully saturated rings. The van der Waals surface area contributed by atoms with Crippen LogP contribution in [0.5, 0.6) is 0 Å². The molecule has 6 heteroatoms. The highest BCUT2D eigenvalue weighted by atomic mass is 32.2. The SMILES string of the molecule is OCc1ccc(SCc2nc(-c3ccco3)no2)cc1. The minimum Gasteiger partial charge on any atom is -0.461 e. The van der Waals surface area contributed by atoms with Crippen molar-refractivity contribution in [3.05, 3.63) is 54.1 Å². The van der Waals surface area contributed by atoms with Gasteiger partial charge in [0.25, 0.3) is 0 Å². The summed E-state index contributed by atoms with van der Waals surface area (Å²) in [6.45, 7) is 0.0567. The topological polar surface area (TPSA) is 72.3 Å². The first-order valence-electron chi connectivity index (χ1n) is 6.04. The van der Waals surface area contributed by atoms with E-state index in [1.54, 1.807) is 30.2 Å². The van der Waals surface area contributed by atoms with Crippen molar-refractivity contribution in [1.29, 1.82) is 0 Å². The minimum absolute atomic E-state index is 0.0567. The van der Waals surface area contributed by atoms with E-state index in [0.717, 1.165) is 10.5 Å². The molecule has 2 aromatic heterocycles. The lowest BCUT2D eigenvalue weighted by Gasteiger charge is -1.99. The summed E-state index contributed by atoms with van der Waals surface area (Å²) < 4.78 is 10.4. The predicted octanol–water partition coefficient (Wildman–Crippen LogP) is 3.11. The smallest absolute Gasteiger partial charge is 0.238 e. The molecule has 0 amide bonds. The number of benzene rings is 1. The molecule has 1 aromatic carbocycles. The molecule has 2 heterocycles. The summed E-state index contributed by atoms with van der Waals surface area (Å²) in [6, 6.07) is 11.3. The second-order valence-corrected chi connectivity index (χ2v) is 5.13. The molecule has 0 unspecified atom stereocenters. The first kappa shape index (κ1) is 13.0. The van der Waals surface area contributed by atoms with Crippen LogP contribution in [0.2, 0.25) is 0 Å². The van der Waals surface area contributed by atoms with Crippen LogP contribution in [0, 0.1) is 0 Å². The Bertz CT molecular complexity index is 662. The van der Waals surface area contributed by atoms with Gasteiger partial charge in [0.15, 0.2) is 5.76 Å². The van der Waals surface area contributed by atoms with Gasteiger partial charge in [-0.1, -0.05) is 17.3 Å². The zero-order valence-corrected chi connectivity index (χ0v) is 11.3. The Morgan fingerprint density at radius 2 is 2.00 bits per heavy atom. The van der Waals surface area contributed by atoms with Crippen molar-refractivity contribution in [1.82, 2.24) is 10.1 Å². The predicted molar refractivity (Wildman–Crippen MR) is 73.9 cm³/mol. The van der Waals surface area contributed by atoms with Crippen molar-refractivity contribution >= 4 is 11.8 Å². The van der Waals surface area contributed by atoms with Gasteiger partial charge in [-0.25, -0.2) is 0 Å². The van der Waals surface area contributed by atoms with E-state index in [2.05, 4.69) is 10.1 Å². The molecule has 20 heavy (non-hydrogen) atoms. The van der Waals surface area contributed by atoms with Gasteiger partial charge in [0.1, 0.15) is 0 Å². The van der Waals surface area contributed by atoms with Crippen LogP contribution < -0.4 is 0 Å². The van der Waals surface area contributed by atoms with Crippen LogP contribution in [0.4, 0.5) is 0 Å². The molecule has 1 N–H and O–H groups in total. The van der Waals surface area contributed by atoms with Crippen LogP contribution in [0.1, 0.15) is 11.5 Å². The summed E-state index contributed by atoms with van der Waals surface area (Å²) in [5.41, 5.74) is 0.896. The molecular formula is C14H12N2O3S. The van der Waals surface area contributed by atoms with Crippen LogP contribution in [0.3, 0.4) is 0 Å². The van der Waals surface area contributed by atoms with Gasteiger partial charge < -0.3 is 14.0 Å². The van der Waals surface area contributed by atoms with Crippen LogP contribution in [0.25, 0.3) is 11.6 Å². The van der Waals surface area contributed by atoms with Gasteiger partial charge in [-0.3, -0.25) is 0 Å². The standard InChI is InChI=1S/C14H12N2O3S/c17-8-10-3-5-11(6-4-10)20-9-13-15-14(16-19-13)12-2-1-7-18-12/h1-7,17H,8-9H2. The first-order valence-corrected chi connectivity index (χ1v) is 7.03. The Morgan fingerprint density at radius 3 is 2.70 bits per heavy atom. The highest BCUT2D eigenvalue weighted by molar-refractivity contribution is 7.98. The van der Waals surface area contributed by atoms with Crippen LogP contribution in [0.15, 0.2) is 56.5 Å². The van der Waals surface area contributed by atoms with Gasteiger partial charge in [0.2, 0.25) is 11.7 Å². The summed E-state index contributed by atoms with van der Waals surface area (Å²) in [6.07, 6.45) is 1.57. The lowest BCUT2D eigenvalue weighted by atomic mass is 10.2. The molecule has 102 valence electrons. The molecule has 0 aliphatic heterocycles. The molecule has 0 bridgehead atoms. The van der Waals surface area contributed by atoms with Crippen LogP contribution >= 0.6 is 11.8 Å². The number of rotatable bonds is 5. The number of thioether (sulfide) groups is 1. The maximum absolute atomic E-state index is 8.98. The number of aliphatic hydroxyl groups is 1. The second kappa shape index (κ2) is 5.94. The van der Waals surface area contributed by atoms with Crippen LogP contribution in [-0.2, 0) is 12.4 Å². The summed E-state index contributed by atoms with van der Waals surface area (Å²) >= 11 is 1.59. The van der Waals surface area contributed by atoms with Crippen molar-refractivity contribution in [2.45, 2.75) is 17.3 Å². The molecule has 0 spiro atoms. The molecular weight excluding hydrogens is 276 g/mol. The average molecular weight is 288 g/mol. The Hall–Kier alpha value is -2.05. The van der Waals surface area contributed by atoms with Gasteiger partial charge in [-0.05, 0) is 29.8 Å². The van der Waals surface area contributed by atoms with E-state index in [0.29, 0.717) is 23.2 Å². The Kier molecular flexibility index (Phi) is 3.85. The molecule has 0 radical (unpaired) electrons. The van der Waals surface area contributed by atoms with E-state index < -0.39 is 0 Å². The maximum Gasteiger partial charge on any atom is 0.238 e. The lowest BCUT2D eigenvalue weighted by Crippen LogP contribution is -1.84. The molecule has 0 aliphatic carbocycles. The van der Waals surface area contributed by atoms with E-state index in [4.69, 9.17) is 14.0 Å². The number of aromatic nitrogens is 2. The zero-order valence-electron chi connectivity index (χ0n) is 10.5. The fourth-order valence-corrected chi connectivity index (χ4v) is 2.39. The molecule has 0 aliphatic rings. The largest absolute Gasteiger partial charge is 0.461 e. The van der Waals surface area contributed by atoms with Gasteiger partial charge in [-0.2, -0.15) is 4.98 Å². The van der Waals surface area contributed by atoms with E-state index in [9.17, 15) is 0 Å². The third-order valence-electron chi connectivity index (χ3n) is 2.68. The van der Waals surface area contributed by atoms with Crippen molar-refractivity contribution in [2.75, 3.05) is 0 Å². The zero-order chi connectivity index (χ0) is 13.8. The Morgan fingerprint density at radius 1 is 1.15 bits per heavy atom. The monoisotopic (exact) mass is 288 g/mol. The van der Waals surface area contributed by atoms with Crippen molar-refractivity contribution in [3.63, 3.8) is 0 Å². The molecule has 3 rings (SSSR count). The van der Waals surface area contributed by atoms with Gasteiger partial charge >= 0.3 is 0 Å². The lowest BCUT2D eigenvalue weighted by molar-refractivity contribution is 0.282. The summed E-state index contributed by atoms with van der Waals surface area (Å²) in [5, 5.41) is 12.9. The summed E-state index contributed by atoms with van der Waals surface area (Å²) in [7, 11) is 0. The number of hydrogen-bond donors (Lipinski definition) is 1. The minimum atomic E-state index is 0.0567.